The summed E-state index contributed by atoms with van der Waals surface area (Å²) in [5.41, 5.74) is 0.289. The van der Waals surface area contributed by atoms with Crippen LogP contribution in [0.25, 0.3) is 0 Å². The van der Waals surface area contributed by atoms with Gasteiger partial charge in [0.2, 0.25) is 0 Å². The number of nitrogens with zero attached hydrogens (tertiary/aromatic N) is 1. The summed E-state index contributed by atoms with van der Waals surface area (Å²) in [7, 11) is 0. The van der Waals surface area contributed by atoms with Gasteiger partial charge < -0.3 is 20.4 Å². The van der Waals surface area contributed by atoms with Gasteiger partial charge in [-0.2, -0.15) is 0 Å². The van der Waals surface area contributed by atoms with Crippen molar-refractivity contribution in [3.63, 3.8) is 0 Å². The van der Waals surface area contributed by atoms with Crippen molar-refractivity contribution in [3.05, 3.63) is 28.8 Å². The molecule has 0 saturated heterocycles. The molecule has 0 aromatic heterocycles. The van der Waals surface area contributed by atoms with E-state index >= 15 is 0 Å². The number of hydrogen-bond acceptors (Lipinski definition) is 3. The minimum Gasteiger partial charge on any atom is -0.478 e. The van der Waals surface area contributed by atoms with Crippen molar-refractivity contribution < 1.29 is 19.8 Å². The molecule has 1 aromatic carbocycles. The van der Waals surface area contributed by atoms with Crippen molar-refractivity contribution >= 4 is 29.3 Å². The number of carbonyl (C=O) groups excluding carboxylic acids is 1. The molecule has 6 nitrogen and oxygen atoms in total. The molecular weight excluding hydrogens is 296 g/mol. The molecule has 0 aliphatic carbocycles. The lowest BCUT2D eigenvalue weighted by atomic mass is 10.2. The molecule has 1 rings (SSSR count). The number of halogens is 1. The van der Waals surface area contributed by atoms with Gasteiger partial charge in [0.15, 0.2) is 0 Å². The quantitative estimate of drug-likeness (QED) is 0.753. The minimum absolute atomic E-state index is 0.000602. The highest BCUT2D eigenvalue weighted by atomic mass is 35.5. The van der Waals surface area contributed by atoms with Gasteiger partial charge in [0, 0.05) is 24.9 Å². The van der Waals surface area contributed by atoms with Crippen molar-refractivity contribution in [2.24, 2.45) is 0 Å². The van der Waals surface area contributed by atoms with Gasteiger partial charge in [-0.05, 0) is 38.5 Å². The van der Waals surface area contributed by atoms with Crippen molar-refractivity contribution in [1.82, 2.24) is 4.90 Å². The maximum atomic E-state index is 12.2. The molecular formula is C14H19ClN2O4. The summed E-state index contributed by atoms with van der Waals surface area (Å²) in [5.74, 6) is -1.16. The molecule has 21 heavy (non-hydrogen) atoms. The first-order valence-corrected chi connectivity index (χ1v) is 6.96. The molecule has 3 N–H and O–H groups in total. The SMILES string of the molecule is CC(C)N(CCCO)C(=O)Nc1ccc(Cl)c(C(=O)O)c1. The van der Waals surface area contributed by atoms with Crippen LogP contribution in [0.3, 0.4) is 0 Å². The number of amides is 2. The largest absolute Gasteiger partial charge is 0.478 e. The molecule has 0 spiro atoms. The monoisotopic (exact) mass is 314 g/mol. The van der Waals surface area contributed by atoms with Crippen molar-refractivity contribution in [3.8, 4) is 0 Å². The highest BCUT2D eigenvalue weighted by molar-refractivity contribution is 6.33. The standard InChI is InChI=1S/C14H19ClN2O4/c1-9(2)17(6-3-7-18)14(21)16-10-4-5-12(15)11(8-10)13(19)20/h4-5,8-9,18H,3,6-7H2,1-2H3,(H,16,21)(H,19,20). The smallest absolute Gasteiger partial charge is 0.337 e. The number of aromatic carboxylic acids is 1. The van der Waals surface area contributed by atoms with Crippen molar-refractivity contribution in [1.29, 1.82) is 0 Å². The molecule has 0 unspecified atom stereocenters. The zero-order chi connectivity index (χ0) is 16.0. The van der Waals surface area contributed by atoms with E-state index in [4.69, 9.17) is 21.8 Å². The number of anilines is 1. The molecule has 116 valence electrons. The summed E-state index contributed by atoms with van der Waals surface area (Å²) in [6.45, 7) is 4.14. The summed E-state index contributed by atoms with van der Waals surface area (Å²) in [6.07, 6.45) is 0.479. The van der Waals surface area contributed by atoms with E-state index < -0.39 is 5.97 Å². The summed E-state index contributed by atoms with van der Waals surface area (Å²) >= 11 is 5.78. The second-order valence-electron chi connectivity index (χ2n) is 4.79. The number of aliphatic hydroxyl groups excluding tert-OH is 1. The summed E-state index contributed by atoms with van der Waals surface area (Å²) in [6, 6.07) is 3.89. The lowest BCUT2D eigenvalue weighted by molar-refractivity contribution is 0.0697. The van der Waals surface area contributed by atoms with Gasteiger partial charge in [-0.15, -0.1) is 0 Å². The van der Waals surface area contributed by atoms with Crippen LogP contribution in [0.4, 0.5) is 10.5 Å². The highest BCUT2D eigenvalue weighted by Gasteiger charge is 2.17. The number of aliphatic hydroxyl groups is 1. The average Bonchev–Trinajstić information content (AvgIpc) is 2.40. The van der Waals surface area contributed by atoms with Gasteiger partial charge in [-0.1, -0.05) is 11.6 Å². The maximum absolute atomic E-state index is 12.2. The summed E-state index contributed by atoms with van der Waals surface area (Å²) < 4.78 is 0. The van der Waals surface area contributed by atoms with Crippen LogP contribution >= 0.6 is 11.6 Å². The van der Waals surface area contributed by atoms with E-state index in [0.717, 1.165) is 0 Å². The molecule has 0 saturated carbocycles. The van der Waals surface area contributed by atoms with Crippen LogP contribution in [0.1, 0.15) is 30.6 Å². The van der Waals surface area contributed by atoms with Crippen LogP contribution in [0.2, 0.25) is 5.02 Å². The first-order valence-electron chi connectivity index (χ1n) is 6.58. The third-order valence-electron chi connectivity index (χ3n) is 2.89. The number of urea groups is 1. The van der Waals surface area contributed by atoms with Gasteiger partial charge >= 0.3 is 12.0 Å². The lowest BCUT2D eigenvalue weighted by Gasteiger charge is -2.26. The van der Waals surface area contributed by atoms with E-state index in [2.05, 4.69) is 5.32 Å². The summed E-state index contributed by atoms with van der Waals surface area (Å²) in [4.78, 5) is 24.7. The first-order chi connectivity index (χ1) is 9.86. The van der Waals surface area contributed by atoms with E-state index in [-0.39, 0.29) is 29.3 Å². The van der Waals surface area contributed by atoms with Crippen LogP contribution in [0.5, 0.6) is 0 Å². The first kappa shape index (κ1) is 17.3. The van der Waals surface area contributed by atoms with E-state index in [1.165, 1.54) is 18.2 Å². The molecule has 1 aromatic rings. The number of carboxylic acids is 1. The number of hydrogen-bond donors (Lipinski definition) is 3. The van der Waals surface area contributed by atoms with E-state index in [1.807, 2.05) is 13.8 Å². The topological polar surface area (TPSA) is 89.9 Å². The van der Waals surface area contributed by atoms with Gasteiger partial charge in [0.05, 0.1) is 10.6 Å². The van der Waals surface area contributed by atoms with Crippen LogP contribution in [-0.4, -0.2) is 46.3 Å². The van der Waals surface area contributed by atoms with Crippen molar-refractivity contribution in [2.75, 3.05) is 18.5 Å². The number of nitrogens with one attached hydrogen (secondary N) is 1. The second kappa shape index (κ2) is 7.85. The molecule has 2 amide bonds. The van der Waals surface area contributed by atoms with E-state index in [1.54, 1.807) is 4.90 Å². The molecule has 0 heterocycles. The number of rotatable bonds is 6. The van der Waals surface area contributed by atoms with Gasteiger partial charge in [-0.25, -0.2) is 9.59 Å². The van der Waals surface area contributed by atoms with Crippen LogP contribution in [0.15, 0.2) is 18.2 Å². The number of carboxylic acid groups (broad SMARTS) is 1. The fourth-order valence-corrected chi connectivity index (χ4v) is 2.00. The Morgan fingerprint density at radius 2 is 2.05 bits per heavy atom. The fraction of sp³-hybridized carbons (Fsp3) is 0.429. The predicted octanol–water partition coefficient (Wildman–Crippen LogP) is 2.66. The molecule has 0 fully saturated rings. The Balaban J connectivity index is 2.86. The molecule has 0 bridgehead atoms. The molecule has 0 aliphatic heterocycles. The van der Waals surface area contributed by atoms with E-state index in [9.17, 15) is 9.59 Å². The van der Waals surface area contributed by atoms with Gasteiger partial charge in [0.25, 0.3) is 0 Å². The number of carbonyl (C=O) groups is 2. The maximum Gasteiger partial charge on any atom is 0.337 e. The fourth-order valence-electron chi connectivity index (χ4n) is 1.80. The normalized spacial score (nSPS) is 10.5. The Hall–Kier alpha value is -1.79. The Bertz CT molecular complexity index is 520. The molecule has 0 radical (unpaired) electrons. The van der Waals surface area contributed by atoms with Gasteiger partial charge in [0.1, 0.15) is 0 Å². The van der Waals surface area contributed by atoms with Gasteiger partial charge in [-0.3, -0.25) is 0 Å². The molecule has 0 atom stereocenters. The van der Waals surface area contributed by atoms with Crippen LogP contribution in [0, 0.1) is 0 Å². The third kappa shape index (κ3) is 4.91. The minimum atomic E-state index is -1.16. The molecule has 7 heteroatoms. The third-order valence-corrected chi connectivity index (χ3v) is 3.22. The number of benzene rings is 1. The highest BCUT2D eigenvalue weighted by Crippen LogP contribution is 2.21. The van der Waals surface area contributed by atoms with Crippen LogP contribution < -0.4 is 5.32 Å². The zero-order valence-electron chi connectivity index (χ0n) is 12.0. The zero-order valence-corrected chi connectivity index (χ0v) is 12.7. The Morgan fingerprint density at radius 3 is 2.57 bits per heavy atom. The summed E-state index contributed by atoms with van der Waals surface area (Å²) in [5, 5.41) is 20.6. The van der Waals surface area contributed by atoms with Crippen molar-refractivity contribution in [2.45, 2.75) is 26.3 Å². The Morgan fingerprint density at radius 1 is 1.38 bits per heavy atom. The van der Waals surface area contributed by atoms with Crippen LogP contribution in [-0.2, 0) is 0 Å². The Labute approximate surface area is 128 Å². The molecule has 0 aliphatic rings. The van der Waals surface area contributed by atoms with E-state index in [0.29, 0.717) is 18.7 Å². The second-order valence-corrected chi connectivity index (χ2v) is 5.20. The average molecular weight is 315 g/mol. The Kier molecular flexibility index (Phi) is 6.45. The lowest BCUT2D eigenvalue weighted by Crippen LogP contribution is -2.41. The predicted molar refractivity (Wildman–Crippen MR) is 81.0 cm³/mol.